The molecule has 0 radical (unpaired) electrons. The Kier molecular flexibility index (Phi) is 5.76. The minimum Gasteiger partial charge on any atom is -0.492 e. The van der Waals surface area contributed by atoms with Crippen LogP contribution in [0.4, 0.5) is 0 Å². The summed E-state index contributed by atoms with van der Waals surface area (Å²) in [7, 11) is 2.08. The van der Waals surface area contributed by atoms with Gasteiger partial charge in [-0.2, -0.15) is 0 Å². The van der Waals surface area contributed by atoms with Crippen LogP contribution in [0.25, 0.3) is 0 Å². The summed E-state index contributed by atoms with van der Waals surface area (Å²) in [6.45, 7) is 3.44. The van der Waals surface area contributed by atoms with Gasteiger partial charge in [0.15, 0.2) is 0 Å². The fraction of sp³-hybridized carbons (Fsp3) is 0.462. The van der Waals surface area contributed by atoms with E-state index in [1.54, 1.807) is 11.8 Å². The zero-order valence-corrected chi connectivity index (χ0v) is 13.2. The summed E-state index contributed by atoms with van der Waals surface area (Å²) in [5.41, 5.74) is 0. The van der Waals surface area contributed by atoms with Crippen molar-refractivity contribution in [1.82, 2.24) is 9.80 Å². The molecule has 0 unspecified atom stereocenters. The average molecular weight is 317 g/mol. The van der Waals surface area contributed by atoms with Crippen molar-refractivity contribution < 1.29 is 4.74 Å². The monoisotopic (exact) mass is 316 g/mol. The molecule has 1 aromatic rings. The maximum atomic E-state index is 5.82. The van der Waals surface area contributed by atoms with Crippen LogP contribution < -0.4 is 4.74 Å². The highest BCUT2D eigenvalue weighted by Gasteiger charge is 2.18. The van der Waals surface area contributed by atoms with Crippen LogP contribution in [0.3, 0.4) is 0 Å². The van der Waals surface area contributed by atoms with Gasteiger partial charge in [0, 0.05) is 23.9 Å². The molecule has 0 saturated carbocycles. The van der Waals surface area contributed by atoms with Crippen LogP contribution in [0.5, 0.6) is 5.75 Å². The third kappa shape index (κ3) is 4.84. The molecule has 1 heterocycles. The van der Waals surface area contributed by atoms with Crippen molar-refractivity contribution in [3.8, 4) is 5.75 Å². The van der Waals surface area contributed by atoms with Crippen LogP contribution in [0.1, 0.15) is 0 Å². The Morgan fingerprint density at radius 2 is 2.16 bits per heavy atom. The predicted molar refractivity (Wildman–Crippen MR) is 86.2 cm³/mol. The van der Waals surface area contributed by atoms with Gasteiger partial charge in [0.25, 0.3) is 0 Å². The molecule has 0 bridgehead atoms. The minimum absolute atomic E-state index is 0.659. The SMILES string of the molecule is CN(CCOc1ccc(Cl)cc1)CN1CCSC1=S. The quantitative estimate of drug-likeness (QED) is 0.748. The van der Waals surface area contributed by atoms with E-state index < -0.39 is 0 Å². The fourth-order valence-corrected chi connectivity index (χ4v) is 3.11. The molecule has 1 saturated heterocycles. The van der Waals surface area contributed by atoms with E-state index in [9.17, 15) is 0 Å². The van der Waals surface area contributed by atoms with Gasteiger partial charge in [-0.1, -0.05) is 35.6 Å². The van der Waals surface area contributed by atoms with E-state index in [4.69, 9.17) is 28.6 Å². The number of ether oxygens (including phenoxy) is 1. The molecule has 2 rings (SSSR count). The molecule has 0 N–H and O–H groups in total. The van der Waals surface area contributed by atoms with E-state index in [1.807, 2.05) is 24.3 Å². The van der Waals surface area contributed by atoms with Gasteiger partial charge in [0.05, 0.1) is 6.67 Å². The molecule has 1 aromatic carbocycles. The van der Waals surface area contributed by atoms with E-state index in [0.29, 0.717) is 6.61 Å². The zero-order chi connectivity index (χ0) is 13.7. The van der Waals surface area contributed by atoms with Crippen molar-refractivity contribution >= 4 is 39.9 Å². The summed E-state index contributed by atoms with van der Waals surface area (Å²) < 4.78 is 6.67. The Morgan fingerprint density at radius 3 is 2.79 bits per heavy atom. The average Bonchev–Trinajstić information content (AvgIpc) is 2.78. The summed E-state index contributed by atoms with van der Waals surface area (Å²) >= 11 is 12.9. The Hall–Kier alpha value is -0.490. The van der Waals surface area contributed by atoms with Crippen LogP contribution in [0.2, 0.25) is 5.02 Å². The molecule has 0 aromatic heterocycles. The summed E-state index contributed by atoms with van der Waals surface area (Å²) in [6.07, 6.45) is 0. The maximum absolute atomic E-state index is 5.82. The molecule has 0 aliphatic carbocycles. The van der Waals surface area contributed by atoms with Gasteiger partial charge in [0.1, 0.15) is 16.7 Å². The number of likely N-dealkylation sites (N-methyl/N-ethyl adjacent to an activating group) is 1. The third-order valence-corrected chi connectivity index (χ3v) is 4.57. The molecular formula is C13H17ClN2OS2. The van der Waals surface area contributed by atoms with Gasteiger partial charge in [-0.15, -0.1) is 0 Å². The second-order valence-corrected chi connectivity index (χ2v) is 6.57. The van der Waals surface area contributed by atoms with E-state index >= 15 is 0 Å². The molecule has 3 nitrogen and oxygen atoms in total. The van der Waals surface area contributed by atoms with Crippen molar-refractivity contribution in [2.24, 2.45) is 0 Å². The van der Waals surface area contributed by atoms with Gasteiger partial charge in [-0.3, -0.25) is 4.90 Å². The smallest absolute Gasteiger partial charge is 0.137 e. The lowest BCUT2D eigenvalue weighted by molar-refractivity contribution is 0.192. The molecule has 0 spiro atoms. The summed E-state index contributed by atoms with van der Waals surface area (Å²) in [4.78, 5) is 4.44. The number of halogens is 1. The number of rotatable bonds is 6. The highest BCUT2D eigenvalue weighted by Crippen LogP contribution is 2.18. The zero-order valence-electron chi connectivity index (χ0n) is 10.8. The first-order chi connectivity index (χ1) is 9.15. The summed E-state index contributed by atoms with van der Waals surface area (Å²) in [5, 5.41) is 0.726. The predicted octanol–water partition coefficient (Wildman–Crippen LogP) is 2.94. The van der Waals surface area contributed by atoms with E-state index in [1.165, 1.54) is 0 Å². The number of nitrogens with zero attached hydrogens (tertiary/aromatic N) is 2. The van der Waals surface area contributed by atoms with E-state index in [2.05, 4.69) is 16.8 Å². The van der Waals surface area contributed by atoms with Crippen LogP contribution in [-0.4, -0.2) is 53.3 Å². The topological polar surface area (TPSA) is 15.7 Å². The van der Waals surface area contributed by atoms with Crippen molar-refractivity contribution in [1.29, 1.82) is 0 Å². The molecule has 0 amide bonds. The van der Waals surface area contributed by atoms with Crippen LogP contribution >= 0.6 is 35.6 Å². The van der Waals surface area contributed by atoms with Gasteiger partial charge < -0.3 is 9.64 Å². The van der Waals surface area contributed by atoms with Crippen molar-refractivity contribution in [3.05, 3.63) is 29.3 Å². The minimum atomic E-state index is 0.659. The molecule has 104 valence electrons. The van der Waals surface area contributed by atoms with Crippen molar-refractivity contribution in [2.75, 3.05) is 39.2 Å². The number of hydrogen-bond donors (Lipinski definition) is 0. The first-order valence-corrected chi connectivity index (χ1v) is 7.91. The fourth-order valence-electron chi connectivity index (χ4n) is 1.77. The highest BCUT2D eigenvalue weighted by molar-refractivity contribution is 8.23. The second kappa shape index (κ2) is 7.33. The molecule has 1 aliphatic heterocycles. The second-order valence-electron chi connectivity index (χ2n) is 4.40. The molecule has 1 fully saturated rings. The van der Waals surface area contributed by atoms with Crippen molar-refractivity contribution in [2.45, 2.75) is 0 Å². The Morgan fingerprint density at radius 1 is 1.42 bits per heavy atom. The Bertz CT molecular complexity index is 427. The number of thioether (sulfide) groups is 1. The van der Waals surface area contributed by atoms with Crippen LogP contribution in [0, 0.1) is 0 Å². The lowest BCUT2D eigenvalue weighted by Crippen LogP contribution is -2.37. The Labute approximate surface area is 128 Å². The number of thiocarbonyl (C=S) groups is 1. The molecule has 6 heteroatoms. The van der Waals surface area contributed by atoms with E-state index in [0.717, 1.165) is 40.6 Å². The van der Waals surface area contributed by atoms with Crippen LogP contribution in [0.15, 0.2) is 24.3 Å². The lowest BCUT2D eigenvalue weighted by Gasteiger charge is -2.24. The van der Waals surface area contributed by atoms with Gasteiger partial charge in [0.2, 0.25) is 0 Å². The lowest BCUT2D eigenvalue weighted by atomic mass is 10.3. The summed E-state index contributed by atoms with van der Waals surface area (Å²) in [6, 6.07) is 7.43. The standard InChI is InChI=1S/C13H17ClN2OS2/c1-15(10-16-7-9-19-13(16)18)6-8-17-12-4-2-11(14)3-5-12/h2-5H,6-10H2,1H3. The first-order valence-electron chi connectivity index (χ1n) is 6.14. The van der Waals surface area contributed by atoms with Gasteiger partial charge in [-0.25, -0.2) is 0 Å². The maximum Gasteiger partial charge on any atom is 0.137 e. The number of benzene rings is 1. The third-order valence-electron chi connectivity index (χ3n) is 2.81. The van der Waals surface area contributed by atoms with E-state index in [-0.39, 0.29) is 0 Å². The molecule has 19 heavy (non-hydrogen) atoms. The van der Waals surface area contributed by atoms with Gasteiger partial charge in [-0.05, 0) is 31.3 Å². The Balaban J connectivity index is 1.67. The van der Waals surface area contributed by atoms with Crippen LogP contribution in [-0.2, 0) is 0 Å². The van der Waals surface area contributed by atoms with Gasteiger partial charge >= 0.3 is 0 Å². The molecule has 0 atom stereocenters. The number of hydrogen-bond acceptors (Lipinski definition) is 4. The molecular weight excluding hydrogens is 300 g/mol. The largest absolute Gasteiger partial charge is 0.492 e. The van der Waals surface area contributed by atoms with Crippen molar-refractivity contribution in [3.63, 3.8) is 0 Å². The highest BCUT2D eigenvalue weighted by atomic mass is 35.5. The molecule has 1 aliphatic rings. The first kappa shape index (κ1) is 14.9. The summed E-state index contributed by atoms with van der Waals surface area (Å²) in [5.74, 6) is 1.96. The normalized spacial score (nSPS) is 15.3.